The molecule has 0 fully saturated rings. The van der Waals surface area contributed by atoms with Gasteiger partial charge in [0.05, 0.1) is 17.9 Å². The van der Waals surface area contributed by atoms with E-state index >= 15 is 0 Å². The summed E-state index contributed by atoms with van der Waals surface area (Å²) in [5.74, 6) is -0.886. The SMILES string of the molecule is CC(C)N(C(=O)[C@H]1C[C@H](C)N(C(=O)c2ccc(OCCC(C)(C)C(=O)O)cc2)c2ccccc21)c1ccc(Cl)cc1. The highest BCUT2D eigenvalue weighted by molar-refractivity contribution is 6.30. The summed E-state index contributed by atoms with van der Waals surface area (Å²) in [6.07, 6.45) is 0.843. The second-order valence-corrected chi connectivity index (χ2v) is 11.9. The third-order valence-corrected chi connectivity index (χ3v) is 7.89. The molecular weight excluding hydrogens is 540 g/mol. The van der Waals surface area contributed by atoms with Gasteiger partial charge >= 0.3 is 5.97 Å². The molecule has 1 aliphatic heterocycles. The average Bonchev–Trinajstić information content (AvgIpc) is 2.93. The zero-order valence-electron chi connectivity index (χ0n) is 24.1. The van der Waals surface area contributed by atoms with Crippen LogP contribution < -0.4 is 14.5 Å². The van der Waals surface area contributed by atoms with E-state index in [2.05, 4.69) is 0 Å². The molecule has 2 atom stereocenters. The minimum absolute atomic E-state index is 0.0127. The van der Waals surface area contributed by atoms with Crippen LogP contribution in [0.5, 0.6) is 5.75 Å². The van der Waals surface area contributed by atoms with Gasteiger partial charge in [-0.05, 0) is 108 Å². The number of nitrogens with zero attached hydrogens (tertiary/aromatic N) is 2. The summed E-state index contributed by atoms with van der Waals surface area (Å²) in [4.78, 5) is 42.7. The quantitative estimate of drug-likeness (QED) is 0.291. The van der Waals surface area contributed by atoms with Gasteiger partial charge in [0.25, 0.3) is 5.91 Å². The smallest absolute Gasteiger partial charge is 0.309 e. The first-order chi connectivity index (χ1) is 19.4. The number of halogens is 1. The molecule has 0 saturated heterocycles. The number of carboxylic acid groups (broad SMARTS) is 1. The van der Waals surface area contributed by atoms with E-state index in [4.69, 9.17) is 16.3 Å². The minimum Gasteiger partial charge on any atom is -0.494 e. The van der Waals surface area contributed by atoms with E-state index in [9.17, 15) is 19.5 Å². The van der Waals surface area contributed by atoms with Gasteiger partial charge in [0, 0.05) is 34.0 Å². The summed E-state index contributed by atoms with van der Waals surface area (Å²) in [5, 5.41) is 9.90. The molecule has 0 radical (unpaired) electrons. The number of aliphatic carboxylic acids is 1. The lowest BCUT2D eigenvalue weighted by Crippen LogP contribution is -2.48. The van der Waals surface area contributed by atoms with Gasteiger partial charge in [0.1, 0.15) is 5.75 Å². The van der Waals surface area contributed by atoms with E-state index in [-0.39, 0.29) is 30.5 Å². The predicted molar refractivity (Wildman–Crippen MR) is 162 cm³/mol. The van der Waals surface area contributed by atoms with Gasteiger partial charge in [0.2, 0.25) is 5.91 Å². The van der Waals surface area contributed by atoms with E-state index in [0.717, 1.165) is 16.9 Å². The molecule has 0 aromatic heterocycles. The molecule has 3 aromatic rings. The molecule has 0 bridgehead atoms. The van der Waals surface area contributed by atoms with Gasteiger partial charge in [-0.2, -0.15) is 0 Å². The third kappa shape index (κ3) is 6.57. The summed E-state index contributed by atoms with van der Waals surface area (Å²) in [6.45, 7) is 9.52. The molecule has 0 unspecified atom stereocenters. The predicted octanol–water partition coefficient (Wildman–Crippen LogP) is 7.18. The largest absolute Gasteiger partial charge is 0.494 e. The van der Waals surface area contributed by atoms with Crippen LogP contribution in [0.15, 0.2) is 72.8 Å². The summed E-state index contributed by atoms with van der Waals surface area (Å²) < 4.78 is 5.74. The summed E-state index contributed by atoms with van der Waals surface area (Å²) >= 11 is 6.10. The fraction of sp³-hybridized carbons (Fsp3) is 0.364. The van der Waals surface area contributed by atoms with Crippen molar-refractivity contribution in [2.75, 3.05) is 16.4 Å². The average molecular weight is 577 g/mol. The first-order valence-corrected chi connectivity index (χ1v) is 14.3. The molecule has 2 amide bonds. The van der Waals surface area contributed by atoms with E-state index in [0.29, 0.717) is 29.2 Å². The van der Waals surface area contributed by atoms with Crippen LogP contribution in [0.2, 0.25) is 5.02 Å². The first kappa shape index (κ1) is 30.1. The molecule has 41 heavy (non-hydrogen) atoms. The maximum Gasteiger partial charge on any atom is 0.309 e. The molecule has 3 aromatic carbocycles. The zero-order chi connectivity index (χ0) is 29.9. The lowest BCUT2D eigenvalue weighted by Gasteiger charge is -2.41. The van der Waals surface area contributed by atoms with Crippen LogP contribution in [0.4, 0.5) is 11.4 Å². The number of carboxylic acids is 1. The van der Waals surface area contributed by atoms with Crippen LogP contribution in [0.1, 0.15) is 69.3 Å². The van der Waals surface area contributed by atoms with Crippen LogP contribution >= 0.6 is 11.6 Å². The number of fused-ring (bicyclic) bond motifs is 1. The van der Waals surface area contributed by atoms with Crippen molar-refractivity contribution in [3.8, 4) is 5.75 Å². The third-order valence-electron chi connectivity index (χ3n) is 7.64. The van der Waals surface area contributed by atoms with Crippen molar-refractivity contribution >= 4 is 40.8 Å². The second kappa shape index (κ2) is 12.4. The Morgan fingerprint density at radius 1 is 1.02 bits per heavy atom. The van der Waals surface area contributed by atoms with Gasteiger partial charge in [-0.3, -0.25) is 14.4 Å². The number of ether oxygens (including phenoxy) is 1. The maximum atomic E-state index is 14.0. The van der Waals surface area contributed by atoms with Crippen LogP contribution in [0.3, 0.4) is 0 Å². The van der Waals surface area contributed by atoms with Crippen molar-refractivity contribution in [2.45, 2.75) is 65.5 Å². The monoisotopic (exact) mass is 576 g/mol. The Morgan fingerprint density at radius 2 is 1.66 bits per heavy atom. The molecule has 0 spiro atoms. The molecular formula is C33H37ClN2O5. The van der Waals surface area contributed by atoms with Crippen molar-refractivity contribution < 1.29 is 24.2 Å². The van der Waals surface area contributed by atoms with Crippen molar-refractivity contribution in [3.63, 3.8) is 0 Å². The van der Waals surface area contributed by atoms with Gasteiger partial charge in [-0.15, -0.1) is 0 Å². The van der Waals surface area contributed by atoms with Gasteiger partial charge in [0.15, 0.2) is 0 Å². The molecule has 1 aliphatic rings. The number of hydrogen-bond donors (Lipinski definition) is 1. The van der Waals surface area contributed by atoms with E-state index in [1.165, 1.54) is 0 Å². The van der Waals surface area contributed by atoms with Gasteiger partial charge < -0.3 is 19.6 Å². The molecule has 0 saturated carbocycles. The van der Waals surface area contributed by atoms with Crippen LogP contribution in [0, 0.1) is 5.41 Å². The van der Waals surface area contributed by atoms with Gasteiger partial charge in [-0.1, -0.05) is 29.8 Å². The number of para-hydroxylation sites is 1. The number of anilines is 2. The number of carbonyl (C=O) groups is 3. The van der Waals surface area contributed by atoms with Crippen LogP contribution in [-0.4, -0.2) is 41.6 Å². The highest BCUT2D eigenvalue weighted by Gasteiger charge is 2.39. The second-order valence-electron chi connectivity index (χ2n) is 11.5. The van der Waals surface area contributed by atoms with Crippen LogP contribution in [-0.2, 0) is 9.59 Å². The van der Waals surface area contributed by atoms with Crippen molar-refractivity contribution in [1.29, 1.82) is 0 Å². The minimum atomic E-state index is -0.881. The van der Waals surface area contributed by atoms with E-state index in [1.54, 1.807) is 60.0 Å². The summed E-state index contributed by atoms with van der Waals surface area (Å²) in [5.41, 5.74) is 1.95. The maximum absolute atomic E-state index is 14.0. The van der Waals surface area contributed by atoms with Crippen molar-refractivity contribution in [1.82, 2.24) is 0 Å². The standard InChI is InChI=1S/C33H37ClN2O5/c1-21(2)35(25-14-12-24(34)13-15-25)31(38)28-20-22(3)36(29-9-7-6-8-27(28)29)30(37)23-10-16-26(17-11-23)41-19-18-33(4,5)32(39)40/h6-17,21-22,28H,18-20H2,1-5H3,(H,39,40)/t22-,28-/m0/s1. The summed E-state index contributed by atoms with van der Waals surface area (Å²) in [6, 6.07) is 21.5. The Hall–Kier alpha value is -3.84. The lowest BCUT2D eigenvalue weighted by atomic mass is 9.84. The number of hydrogen-bond acceptors (Lipinski definition) is 4. The molecule has 0 aliphatic carbocycles. The lowest BCUT2D eigenvalue weighted by molar-refractivity contribution is -0.147. The van der Waals surface area contributed by atoms with Crippen LogP contribution in [0.25, 0.3) is 0 Å². The summed E-state index contributed by atoms with van der Waals surface area (Å²) in [7, 11) is 0. The Kier molecular flexibility index (Phi) is 9.08. The highest BCUT2D eigenvalue weighted by Crippen LogP contribution is 2.41. The van der Waals surface area contributed by atoms with Crippen molar-refractivity contribution in [2.24, 2.45) is 5.41 Å². The molecule has 1 heterocycles. The van der Waals surface area contributed by atoms with Crippen molar-refractivity contribution in [3.05, 3.63) is 88.9 Å². The molecule has 7 nitrogen and oxygen atoms in total. The number of benzene rings is 3. The Balaban J connectivity index is 1.55. The first-order valence-electron chi connectivity index (χ1n) is 13.9. The Labute approximate surface area is 246 Å². The van der Waals surface area contributed by atoms with E-state index in [1.807, 2.05) is 57.2 Å². The number of carbonyl (C=O) groups excluding carboxylic acids is 2. The Bertz CT molecular complexity index is 1400. The fourth-order valence-corrected chi connectivity index (χ4v) is 5.30. The Morgan fingerprint density at radius 3 is 2.27 bits per heavy atom. The van der Waals surface area contributed by atoms with E-state index < -0.39 is 17.3 Å². The molecule has 4 rings (SSSR count). The number of amides is 2. The highest BCUT2D eigenvalue weighted by atomic mass is 35.5. The zero-order valence-corrected chi connectivity index (χ0v) is 24.9. The molecule has 8 heteroatoms. The molecule has 216 valence electrons. The normalized spacial score (nSPS) is 16.7. The fourth-order valence-electron chi connectivity index (χ4n) is 5.17. The van der Waals surface area contributed by atoms with Gasteiger partial charge in [-0.25, -0.2) is 0 Å². The topological polar surface area (TPSA) is 87.2 Å². The number of rotatable bonds is 9. The molecule has 1 N–H and O–H groups in total.